The van der Waals surface area contributed by atoms with Gasteiger partial charge in [0.1, 0.15) is 10.3 Å². The van der Waals surface area contributed by atoms with Crippen molar-refractivity contribution in [1.29, 1.82) is 0 Å². The maximum absolute atomic E-state index is 5.98. The molecule has 0 atom stereocenters. The van der Waals surface area contributed by atoms with Crippen molar-refractivity contribution in [3.8, 4) is 0 Å². The van der Waals surface area contributed by atoms with Gasteiger partial charge in [0.05, 0.1) is 5.69 Å². The number of hydrogen-bond acceptors (Lipinski definition) is 2. The molecule has 2 aromatic heterocycles. The van der Waals surface area contributed by atoms with Crippen molar-refractivity contribution in [3.05, 3.63) is 28.1 Å². The molecule has 0 saturated heterocycles. The van der Waals surface area contributed by atoms with Gasteiger partial charge in [-0.15, -0.1) is 0 Å². The third-order valence-corrected chi connectivity index (χ3v) is 2.83. The van der Waals surface area contributed by atoms with Crippen LogP contribution in [-0.2, 0) is 0 Å². The van der Waals surface area contributed by atoms with E-state index in [4.69, 9.17) is 23.2 Å². The van der Waals surface area contributed by atoms with Gasteiger partial charge >= 0.3 is 0 Å². The summed E-state index contributed by atoms with van der Waals surface area (Å²) in [7, 11) is 0. The average Bonchev–Trinajstić information content (AvgIpc) is 2.87. The molecule has 3 nitrogen and oxygen atoms in total. The Hall–Kier alpha value is -0.800. The van der Waals surface area contributed by atoms with Crippen molar-refractivity contribution in [3.63, 3.8) is 0 Å². The van der Waals surface area contributed by atoms with Crippen LogP contribution in [0, 0.1) is 0 Å². The van der Waals surface area contributed by atoms with Crippen molar-refractivity contribution < 1.29 is 0 Å². The van der Waals surface area contributed by atoms with Gasteiger partial charge in [-0.2, -0.15) is 5.10 Å². The van der Waals surface area contributed by atoms with E-state index in [1.165, 1.54) is 12.8 Å². The maximum atomic E-state index is 5.98. The lowest BCUT2D eigenvalue weighted by Gasteiger charge is -1.95. The summed E-state index contributed by atoms with van der Waals surface area (Å²) in [5, 5.41) is 5.29. The molecule has 0 N–H and O–H groups in total. The van der Waals surface area contributed by atoms with Crippen LogP contribution in [0.1, 0.15) is 24.5 Å². The first kappa shape index (κ1) is 8.50. The summed E-state index contributed by atoms with van der Waals surface area (Å²) in [5.74, 6) is 0.603. The Bertz CT molecular complexity index is 502. The number of rotatable bonds is 1. The summed E-state index contributed by atoms with van der Waals surface area (Å²) in [5.41, 5.74) is 1.80. The molecule has 0 aromatic carbocycles. The molecule has 14 heavy (non-hydrogen) atoms. The predicted molar refractivity (Wildman–Crippen MR) is 55.0 cm³/mol. The SMILES string of the molecule is Clc1cc(Cl)n2nc(C3CC3)cc2n1. The summed E-state index contributed by atoms with van der Waals surface area (Å²) in [6.07, 6.45) is 2.43. The monoisotopic (exact) mass is 227 g/mol. The number of fused-ring (bicyclic) bond motifs is 1. The van der Waals surface area contributed by atoms with E-state index in [0.29, 0.717) is 16.2 Å². The van der Waals surface area contributed by atoms with Crippen LogP contribution >= 0.6 is 23.2 Å². The van der Waals surface area contributed by atoms with Gasteiger partial charge in [0.25, 0.3) is 0 Å². The largest absolute Gasteiger partial charge is 0.217 e. The minimum atomic E-state index is 0.407. The normalized spacial score (nSPS) is 16.4. The van der Waals surface area contributed by atoms with Crippen molar-refractivity contribution in [1.82, 2.24) is 14.6 Å². The van der Waals surface area contributed by atoms with Gasteiger partial charge in [-0.05, 0) is 12.8 Å². The minimum Gasteiger partial charge on any atom is -0.217 e. The molecule has 5 heteroatoms. The Morgan fingerprint density at radius 3 is 2.79 bits per heavy atom. The summed E-state index contributed by atoms with van der Waals surface area (Å²) in [6, 6.07) is 3.55. The second-order valence-electron chi connectivity index (χ2n) is 3.52. The van der Waals surface area contributed by atoms with Crippen LogP contribution in [0.5, 0.6) is 0 Å². The third-order valence-electron chi connectivity index (χ3n) is 2.37. The highest BCUT2D eigenvalue weighted by atomic mass is 35.5. The van der Waals surface area contributed by atoms with Gasteiger partial charge in [-0.3, -0.25) is 0 Å². The second-order valence-corrected chi connectivity index (χ2v) is 4.29. The maximum Gasteiger partial charge on any atom is 0.158 e. The fourth-order valence-electron chi connectivity index (χ4n) is 1.51. The lowest BCUT2D eigenvalue weighted by Crippen LogP contribution is -1.92. The lowest BCUT2D eigenvalue weighted by atomic mass is 10.3. The highest BCUT2D eigenvalue weighted by Gasteiger charge is 2.26. The lowest BCUT2D eigenvalue weighted by molar-refractivity contribution is 0.882. The molecule has 1 fully saturated rings. The van der Waals surface area contributed by atoms with Crippen molar-refractivity contribution >= 4 is 28.8 Å². The molecule has 1 saturated carbocycles. The molecule has 3 rings (SSSR count). The molecule has 0 amide bonds. The molecular weight excluding hydrogens is 221 g/mol. The Morgan fingerprint density at radius 2 is 2.07 bits per heavy atom. The molecular formula is C9H7Cl2N3. The van der Waals surface area contributed by atoms with Crippen molar-refractivity contribution in [2.45, 2.75) is 18.8 Å². The summed E-state index contributed by atoms with van der Waals surface area (Å²) in [6.45, 7) is 0. The Morgan fingerprint density at radius 1 is 1.29 bits per heavy atom. The van der Waals surface area contributed by atoms with Gasteiger partial charge < -0.3 is 0 Å². The zero-order valence-corrected chi connectivity index (χ0v) is 8.76. The van der Waals surface area contributed by atoms with Crippen LogP contribution in [0.2, 0.25) is 10.3 Å². The van der Waals surface area contributed by atoms with Crippen LogP contribution in [0.4, 0.5) is 0 Å². The highest BCUT2D eigenvalue weighted by Crippen LogP contribution is 2.39. The molecule has 1 aliphatic carbocycles. The molecule has 1 aliphatic rings. The standard InChI is InChI=1S/C9H7Cl2N3/c10-7-4-8(11)14-9(12-7)3-6(13-14)5-1-2-5/h3-5H,1-2H2. The van der Waals surface area contributed by atoms with E-state index in [1.807, 2.05) is 6.07 Å². The predicted octanol–water partition coefficient (Wildman–Crippen LogP) is 2.91. The van der Waals surface area contributed by atoms with Crippen molar-refractivity contribution in [2.24, 2.45) is 0 Å². The first-order valence-electron chi connectivity index (χ1n) is 4.46. The van der Waals surface area contributed by atoms with E-state index in [-0.39, 0.29) is 0 Å². The molecule has 72 valence electrons. The first-order valence-corrected chi connectivity index (χ1v) is 5.21. The Labute approximate surface area is 90.7 Å². The fraction of sp³-hybridized carbons (Fsp3) is 0.333. The molecule has 0 bridgehead atoms. The minimum absolute atomic E-state index is 0.407. The van der Waals surface area contributed by atoms with Crippen molar-refractivity contribution in [2.75, 3.05) is 0 Å². The Kier molecular flexibility index (Phi) is 1.73. The van der Waals surface area contributed by atoms with E-state index >= 15 is 0 Å². The molecule has 2 heterocycles. The van der Waals surface area contributed by atoms with E-state index in [0.717, 1.165) is 11.3 Å². The fourth-order valence-corrected chi connectivity index (χ4v) is 1.98. The molecule has 2 aromatic rings. The van der Waals surface area contributed by atoms with Gasteiger partial charge in [-0.25, -0.2) is 9.50 Å². The van der Waals surface area contributed by atoms with E-state index in [9.17, 15) is 0 Å². The molecule has 0 radical (unpaired) electrons. The van der Waals surface area contributed by atoms with Crippen LogP contribution in [0.25, 0.3) is 5.65 Å². The van der Waals surface area contributed by atoms with Crippen LogP contribution in [0.3, 0.4) is 0 Å². The smallest absolute Gasteiger partial charge is 0.158 e. The third kappa shape index (κ3) is 1.28. The molecule has 0 unspecified atom stereocenters. The van der Waals surface area contributed by atoms with Crippen LogP contribution in [-0.4, -0.2) is 14.6 Å². The zero-order valence-electron chi connectivity index (χ0n) is 7.24. The quantitative estimate of drug-likeness (QED) is 0.702. The summed E-state index contributed by atoms with van der Waals surface area (Å²) >= 11 is 11.8. The zero-order chi connectivity index (χ0) is 9.71. The second kappa shape index (κ2) is 2.84. The van der Waals surface area contributed by atoms with E-state index in [1.54, 1.807) is 10.6 Å². The number of aromatic nitrogens is 3. The van der Waals surface area contributed by atoms with Crippen LogP contribution < -0.4 is 0 Å². The van der Waals surface area contributed by atoms with E-state index < -0.39 is 0 Å². The molecule has 0 aliphatic heterocycles. The summed E-state index contributed by atoms with van der Waals surface area (Å²) in [4.78, 5) is 4.15. The van der Waals surface area contributed by atoms with Gasteiger partial charge in [0.15, 0.2) is 5.65 Å². The Balaban J connectivity index is 2.26. The van der Waals surface area contributed by atoms with Gasteiger partial charge in [0.2, 0.25) is 0 Å². The van der Waals surface area contributed by atoms with Gasteiger partial charge in [-0.1, -0.05) is 23.2 Å². The van der Waals surface area contributed by atoms with Crippen LogP contribution in [0.15, 0.2) is 12.1 Å². The van der Waals surface area contributed by atoms with Gasteiger partial charge in [0, 0.05) is 18.1 Å². The van der Waals surface area contributed by atoms with E-state index in [2.05, 4.69) is 10.1 Å². The summed E-state index contributed by atoms with van der Waals surface area (Å²) < 4.78 is 1.63. The topological polar surface area (TPSA) is 30.2 Å². The highest BCUT2D eigenvalue weighted by molar-refractivity contribution is 6.33. The number of hydrogen-bond donors (Lipinski definition) is 0. The number of halogens is 2. The molecule has 0 spiro atoms. The number of nitrogens with zero attached hydrogens (tertiary/aromatic N) is 3. The first-order chi connectivity index (χ1) is 6.74. The average molecular weight is 228 g/mol.